The topological polar surface area (TPSA) is 29.5 Å². The van der Waals surface area contributed by atoms with Crippen LogP contribution in [0, 0.1) is 0 Å². The Balaban J connectivity index is 1.99. The van der Waals surface area contributed by atoms with Crippen LogP contribution in [0.3, 0.4) is 0 Å². The van der Waals surface area contributed by atoms with Crippen LogP contribution in [0.5, 0.6) is 0 Å². The lowest BCUT2D eigenvalue weighted by Crippen LogP contribution is -2.38. The van der Waals surface area contributed by atoms with Crippen LogP contribution in [0.15, 0.2) is 28.7 Å². The number of benzene rings is 1. The maximum absolute atomic E-state index is 12.0. The number of hydrogen-bond acceptors (Lipinski definition) is 3. The fourth-order valence-electron chi connectivity index (χ4n) is 2.06. The lowest BCUT2D eigenvalue weighted by molar-refractivity contribution is 0.0107. The van der Waals surface area contributed by atoms with Gasteiger partial charge in [0.15, 0.2) is 0 Å². The summed E-state index contributed by atoms with van der Waals surface area (Å²) in [7, 11) is 2.05. The van der Waals surface area contributed by atoms with Gasteiger partial charge in [-0.05, 0) is 54.5 Å². The van der Waals surface area contributed by atoms with Crippen molar-refractivity contribution in [3.8, 4) is 0 Å². The molecule has 0 unspecified atom stereocenters. The summed E-state index contributed by atoms with van der Waals surface area (Å²) in [5, 5.41) is 0. The first-order valence-corrected chi connectivity index (χ1v) is 6.60. The number of piperidine rings is 1. The number of ether oxygens (including phenoxy) is 1. The van der Waals surface area contributed by atoms with Gasteiger partial charge in [0, 0.05) is 11.0 Å². The van der Waals surface area contributed by atoms with Gasteiger partial charge in [0.25, 0.3) is 0 Å². The molecular formula is C13H16BrNO2. The number of carbonyl (C=O) groups excluding carboxylic acids is 1. The van der Waals surface area contributed by atoms with Gasteiger partial charge in [-0.25, -0.2) is 4.79 Å². The van der Waals surface area contributed by atoms with E-state index in [1.165, 1.54) is 0 Å². The number of likely N-dealkylation sites (N-methyl/N-ethyl adjacent to an activating group) is 1. The van der Waals surface area contributed by atoms with E-state index in [-0.39, 0.29) is 12.1 Å². The summed E-state index contributed by atoms with van der Waals surface area (Å²) in [6.45, 7) is 1.92. The summed E-state index contributed by atoms with van der Waals surface area (Å²) in [6.07, 6.45) is 2.07. The highest BCUT2D eigenvalue weighted by Crippen LogP contribution is 2.19. The van der Waals surface area contributed by atoms with Crippen LogP contribution in [0.4, 0.5) is 0 Å². The maximum atomic E-state index is 12.0. The van der Waals surface area contributed by atoms with Gasteiger partial charge in [0.1, 0.15) is 6.10 Å². The minimum Gasteiger partial charge on any atom is -0.457 e. The third-order valence-electron chi connectivity index (χ3n) is 2.95. The fraction of sp³-hybridized carbons (Fsp3) is 0.462. The van der Waals surface area contributed by atoms with Crippen LogP contribution < -0.4 is 0 Å². The van der Waals surface area contributed by atoms with Gasteiger partial charge in [-0.2, -0.15) is 0 Å². The summed E-state index contributed by atoms with van der Waals surface area (Å²) in [5.41, 5.74) is 0.598. The number of rotatable bonds is 2. The van der Waals surface area contributed by atoms with Crippen LogP contribution in [0.25, 0.3) is 0 Å². The Morgan fingerprint density at radius 1 is 1.47 bits per heavy atom. The average molecular weight is 298 g/mol. The zero-order valence-corrected chi connectivity index (χ0v) is 11.4. The van der Waals surface area contributed by atoms with Gasteiger partial charge < -0.3 is 9.64 Å². The first-order chi connectivity index (χ1) is 8.16. The van der Waals surface area contributed by atoms with Crippen LogP contribution in [-0.2, 0) is 4.74 Å². The van der Waals surface area contributed by atoms with Gasteiger partial charge in [0.2, 0.25) is 0 Å². The quantitative estimate of drug-likeness (QED) is 0.786. The van der Waals surface area contributed by atoms with Gasteiger partial charge >= 0.3 is 5.97 Å². The molecule has 2 rings (SSSR count). The SMILES string of the molecule is CN1CCC[C@H](OC(=O)c2ccccc2Br)C1. The highest BCUT2D eigenvalue weighted by Gasteiger charge is 2.22. The van der Waals surface area contributed by atoms with Crippen molar-refractivity contribution in [3.05, 3.63) is 34.3 Å². The third-order valence-corrected chi connectivity index (χ3v) is 3.64. The number of halogens is 1. The molecule has 92 valence electrons. The highest BCUT2D eigenvalue weighted by atomic mass is 79.9. The molecule has 0 N–H and O–H groups in total. The van der Waals surface area contributed by atoms with Crippen molar-refractivity contribution in [3.63, 3.8) is 0 Å². The Hall–Kier alpha value is -0.870. The maximum Gasteiger partial charge on any atom is 0.339 e. The van der Waals surface area contributed by atoms with E-state index >= 15 is 0 Å². The van der Waals surface area contributed by atoms with Crippen LogP contribution in [0.1, 0.15) is 23.2 Å². The Morgan fingerprint density at radius 2 is 2.24 bits per heavy atom. The smallest absolute Gasteiger partial charge is 0.339 e. The van der Waals surface area contributed by atoms with Gasteiger partial charge in [-0.3, -0.25) is 0 Å². The standard InChI is InChI=1S/C13H16BrNO2/c1-15-8-4-5-10(9-15)17-13(16)11-6-2-3-7-12(11)14/h2-3,6-7,10H,4-5,8-9H2,1H3/t10-/m0/s1. The molecule has 1 atom stereocenters. The molecular weight excluding hydrogens is 282 g/mol. The number of nitrogens with zero attached hydrogens (tertiary/aromatic N) is 1. The molecule has 1 aliphatic rings. The molecule has 1 heterocycles. The van der Waals surface area contributed by atoms with E-state index in [4.69, 9.17) is 4.74 Å². The van der Waals surface area contributed by atoms with Crippen LogP contribution >= 0.6 is 15.9 Å². The number of hydrogen-bond donors (Lipinski definition) is 0. The molecule has 1 aliphatic heterocycles. The van der Waals surface area contributed by atoms with Gasteiger partial charge in [-0.1, -0.05) is 12.1 Å². The van der Waals surface area contributed by atoms with E-state index < -0.39 is 0 Å². The first kappa shape index (κ1) is 12.6. The summed E-state index contributed by atoms with van der Waals surface area (Å²) >= 11 is 3.36. The van der Waals surface area contributed by atoms with E-state index in [1.54, 1.807) is 6.07 Å². The monoisotopic (exact) mass is 297 g/mol. The van der Waals surface area contributed by atoms with Crippen molar-refractivity contribution in [2.24, 2.45) is 0 Å². The predicted molar refractivity (Wildman–Crippen MR) is 70.1 cm³/mol. The number of esters is 1. The Bertz CT molecular complexity index is 408. The summed E-state index contributed by atoms with van der Waals surface area (Å²) in [4.78, 5) is 14.2. The van der Waals surface area contributed by atoms with Gasteiger partial charge in [0.05, 0.1) is 5.56 Å². The zero-order chi connectivity index (χ0) is 12.3. The second-order valence-electron chi connectivity index (χ2n) is 4.41. The van der Waals surface area contributed by atoms with Crippen molar-refractivity contribution in [2.45, 2.75) is 18.9 Å². The molecule has 1 fully saturated rings. The van der Waals surface area contributed by atoms with Gasteiger partial charge in [-0.15, -0.1) is 0 Å². The lowest BCUT2D eigenvalue weighted by Gasteiger charge is -2.29. The Kier molecular flexibility index (Phi) is 4.18. The molecule has 0 aliphatic carbocycles. The molecule has 3 nitrogen and oxygen atoms in total. The molecule has 1 aromatic carbocycles. The van der Waals surface area contributed by atoms with Crippen LogP contribution in [0.2, 0.25) is 0 Å². The van der Waals surface area contributed by atoms with Crippen molar-refractivity contribution < 1.29 is 9.53 Å². The predicted octanol–water partition coefficient (Wildman–Crippen LogP) is 2.70. The van der Waals surface area contributed by atoms with Crippen molar-refractivity contribution in [1.82, 2.24) is 4.90 Å². The molecule has 1 aromatic rings. The molecule has 0 aromatic heterocycles. The Morgan fingerprint density at radius 3 is 2.94 bits per heavy atom. The number of likely N-dealkylation sites (tertiary alicyclic amines) is 1. The first-order valence-electron chi connectivity index (χ1n) is 5.81. The third kappa shape index (κ3) is 3.30. The van der Waals surface area contributed by atoms with E-state index in [2.05, 4.69) is 27.9 Å². The molecule has 0 saturated carbocycles. The highest BCUT2D eigenvalue weighted by molar-refractivity contribution is 9.10. The molecule has 0 spiro atoms. The molecule has 1 saturated heterocycles. The van der Waals surface area contributed by atoms with E-state index in [0.29, 0.717) is 5.56 Å². The lowest BCUT2D eigenvalue weighted by atomic mass is 10.1. The molecule has 4 heteroatoms. The number of carbonyl (C=O) groups is 1. The Labute approximate surface area is 110 Å². The van der Waals surface area contributed by atoms with Crippen molar-refractivity contribution in [1.29, 1.82) is 0 Å². The molecule has 0 amide bonds. The van der Waals surface area contributed by atoms with E-state index in [9.17, 15) is 4.79 Å². The normalized spacial score (nSPS) is 21.2. The minimum absolute atomic E-state index is 0.0216. The largest absolute Gasteiger partial charge is 0.457 e. The second-order valence-corrected chi connectivity index (χ2v) is 5.27. The summed E-state index contributed by atoms with van der Waals surface area (Å²) in [5.74, 6) is -0.238. The summed E-state index contributed by atoms with van der Waals surface area (Å²) < 4.78 is 6.30. The van der Waals surface area contributed by atoms with E-state index in [0.717, 1.165) is 30.4 Å². The van der Waals surface area contributed by atoms with E-state index in [1.807, 2.05) is 18.2 Å². The van der Waals surface area contributed by atoms with Crippen molar-refractivity contribution in [2.75, 3.05) is 20.1 Å². The zero-order valence-electron chi connectivity index (χ0n) is 9.86. The second kappa shape index (κ2) is 5.65. The molecule has 0 bridgehead atoms. The molecule has 17 heavy (non-hydrogen) atoms. The fourth-order valence-corrected chi connectivity index (χ4v) is 2.50. The molecule has 0 radical (unpaired) electrons. The van der Waals surface area contributed by atoms with Crippen molar-refractivity contribution >= 4 is 21.9 Å². The average Bonchev–Trinajstić information content (AvgIpc) is 2.29. The summed E-state index contributed by atoms with van der Waals surface area (Å²) in [6, 6.07) is 7.35. The minimum atomic E-state index is -0.238. The van der Waals surface area contributed by atoms with Crippen LogP contribution in [-0.4, -0.2) is 37.1 Å².